The summed E-state index contributed by atoms with van der Waals surface area (Å²) in [6, 6.07) is 9.06. The van der Waals surface area contributed by atoms with Crippen molar-refractivity contribution in [2.75, 3.05) is 0 Å². The molecule has 0 atom stereocenters. The highest BCUT2D eigenvalue weighted by molar-refractivity contribution is 5.77. The minimum atomic E-state index is -5.01. The van der Waals surface area contributed by atoms with Crippen LogP contribution in [-0.4, -0.2) is 20.1 Å². The van der Waals surface area contributed by atoms with E-state index in [9.17, 15) is 30.7 Å². The number of imidazole rings is 1. The summed E-state index contributed by atoms with van der Waals surface area (Å²) in [7, 11) is 0. The monoisotopic (exact) mass is 547 g/mol. The van der Waals surface area contributed by atoms with Gasteiger partial charge < -0.3 is 10.7 Å². The first-order valence-corrected chi connectivity index (χ1v) is 11.4. The summed E-state index contributed by atoms with van der Waals surface area (Å²) < 4.78 is 95.7. The number of aromatic amines is 1. The third-order valence-electron chi connectivity index (χ3n) is 6.02. The van der Waals surface area contributed by atoms with E-state index in [1.54, 1.807) is 24.4 Å². The predicted molar refractivity (Wildman–Crippen MR) is 126 cm³/mol. The van der Waals surface area contributed by atoms with Gasteiger partial charge in [-0.3, -0.25) is 4.98 Å². The second kappa shape index (κ2) is 9.73. The molecule has 0 aliphatic heterocycles. The van der Waals surface area contributed by atoms with E-state index >= 15 is 0 Å². The number of nitrogens with zero attached hydrogens (tertiary/aromatic N) is 4. The third-order valence-corrected chi connectivity index (χ3v) is 6.02. The number of halogens is 7. The number of H-pyrrole nitrogens is 1. The second-order valence-electron chi connectivity index (χ2n) is 8.65. The average Bonchev–Trinajstić information content (AvgIpc) is 3.31. The molecular weight excluding hydrogens is 529 g/mol. The first kappa shape index (κ1) is 26.2. The molecule has 2 aromatic carbocycles. The topological polar surface area (TPSA) is 84.4 Å². The first-order valence-electron chi connectivity index (χ1n) is 11.4. The maximum atomic E-state index is 14.7. The van der Waals surface area contributed by atoms with Crippen LogP contribution >= 0.6 is 0 Å². The molecule has 0 aliphatic rings. The van der Waals surface area contributed by atoms with Crippen molar-refractivity contribution in [3.05, 3.63) is 95.2 Å². The van der Waals surface area contributed by atoms with Gasteiger partial charge >= 0.3 is 12.4 Å². The Morgan fingerprint density at radius 3 is 2.36 bits per heavy atom. The lowest BCUT2D eigenvalue weighted by Gasteiger charge is -2.15. The van der Waals surface area contributed by atoms with Crippen LogP contribution in [0.5, 0.6) is 0 Å². The van der Waals surface area contributed by atoms with Crippen LogP contribution in [0.3, 0.4) is 0 Å². The number of alkyl halides is 6. The van der Waals surface area contributed by atoms with Crippen molar-refractivity contribution in [1.82, 2.24) is 20.1 Å². The number of fused-ring (bicyclic) bond motifs is 1. The lowest BCUT2D eigenvalue weighted by molar-refractivity contribution is -0.745. The van der Waals surface area contributed by atoms with Gasteiger partial charge in [0.2, 0.25) is 12.7 Å². The zero-order valence-electron chi connectivity index (χ0n) is 19.8. The molecule has 0 radical (unpaired) electrons. The zero-order chi connectivity index (χ0) is 27.9. The van der Waals surface area contributed by atoms with Gasteiger partial charge in [-0.2, -0.15) is 26.3 Å². The molecule has 39 heavy (non-hydrogen) atoms. The second-order valence-corrected chi connectivity index (χ2v) is 8.65. The highest BCUT2D eigenvalue weighted by Crippen LogP contribution is 2.40. The maximum Gasteiger partial charge on any atom is 0.417 e. The number of aromatic nitrogens is 5. The van der Waals surface area contributed by atoms with E-state index in [0.717, 1.165) is 6.07 Å². The summed E-state index contributed by atoms with van der Waals surface area (Å²) in [5.74, 6) is -0.187. The smallest absolute Gasteiger partial charge is 0.333 e. The fraction of sp³-hybridized carbons (Fsp3) is 0.154. The maximum absolute atomic E-state index is 14.7. The largest absolute Gasteiger partial charge is 0.417 e. The van der Waals surface area contributed by atoms with Crippen LogP contribution in [0, 0.1) is 5.82 Å². The molecule has 5 rings (SSSR count). The number of rotatable bonds is 5. The molecule has 0 fully saturated rings. The summed E-state index contributed by atoms with van der Waals surface area (Å²) in [4.78, 5) is 11.5. The van der Waals surface area contributed by atoms with E-state index in [-0.39, 0.29) is 30.4 Å². The standard InChI is InChI=1S/C26H17F7N6/c27-23-15(9-34)2-1-3-18(23)24-37-21-11-36-39(13-22(21)38-24)12-14-4-7-20(35-10-14)17-6-5-16(25(28,29)30)8-19(17)26(31,32)33/h1-8,10-11,13H,9,12,34H2/p+1. The molecular formula is C26H18F7N6+. The van der Waals surface area contributed by atoms with Crippen LogP contribution in [0.25, 0.3) is 33.7 Å². The Hall–Kier alpha value is -4.39. The molecule has 3 aromatic heterocycles. The molecule has 0 amide bonds. The lowest BCUT2D eigenvalue weighted by atomic mass is 10.00. The predicted octanol–water partition coefficient (Wildman–Crippen LogP) is 5.66. The Kier molecular flexibility index (Phi) is 6.54. The van der Waals surface area contributed by atoms with Gasteiger partial charge in [-0.25, -0.2) is 9.37 Å². The van der Waals surface area contributed by atoms with E-state index < -0.39 is 34.9 Å². The van der Waals surface area contributed by atoms with Gasteiger partial charge in [-0.1, -0.05) is 22.9 Å². The highest BCUT2D eigenvalue weighted by Gasteiger charge is 2.38. The average molecular weight is 547 g/mol. The molecule has 0 aliphatic carbocycles. The van der Waals surface area contributed by atoms with Crippen LogP contribution < -0.4 is 10.4 Å². The van der Waals surface area contributed by atoms with Crippen LogP contribution in [-0.2, 0) is 25.4 Å². The van der Waals surface area contributed by atoms with Crippen molar-refractivity contribution in [2.24, 2.45) is 5.73 Å². The van der Waals surface area contributed by atoms with E-state index in [0.29, 0.717) is 34.1 Å². The van der Waals surface area contributed by atoms with Crippen molar-refractivity contribution < 1.29 is 35.4 Å². The minimum Gasteiger partial charge on any atom is -0.333 e. The van der Waals surface area contributed by atoms with Crippen LogP contribution in [0.4, 0.5) is 30.7 Å². The van der Waals surface area contributed by atoms with Crippen molar-refractivity contribution in [1.29, 1.82) is 0 Å². The molecule has 3 N–H and O–H groups in total. The van der Waals surface area contributed by atoms with Crippen molar-refractivity contribution >= 4 is 11.0 Å². The van der Waals surface area contributed by atoms with Gasteiger partial charge in [0.1, 0.15) is 28.9 Å². The number of pyridine rings is 1. The Bertz CT molecular complexity index is 1660. The number of hydrogen-bond acceptors (Lipinski definition) is 4. The molecule has 6 nitrogen and oxygen atoms in total. The summed E-state index contributed by atoms with van der Waals surface area (Å²) in [6.45, 7) is 0.207. The Balaban J connectivity index is 1.41. The molecule has 200 valence electrons. The third kappa shape index (κ3) is 5.30. The molecule has 0 saturated carbocycles. The van der Waals surface area contributed by atoms with Crippen molar-refractivity contribution in [2.45, 2.75) is 25.4 Å². The molecule has 0 unspecified atom stereocenters. The molecule has 13 heteroatoms. The number of nitrogens with one attached hydrogen (secondary N) is 1. The lowest BCUT2D eigenvalue weighted by Crippen LogP contribution is -2.37. The van der Waals surface area contributed by atoms with Gasteiger partial charge in [0.05, 0.1) is 22.4 Å². The van der Waals surface area contributed by atoms with E-state index in [1.807, 2.05) is 0 Å². The SMILES string of the molecule is NCc1cccc(-c2nc3cn[n+](Cc4ccc(-c5ccc(C(F)(F)F)cc5C(F)(F)F)nc4)cc3[nH]2)c1F. The Morgan fingerprint density at radius 1 is 0.897 bits per heavy atom. The first-order chi connectivity index (χ1) is 18.4. The van der Waals surface area contributed by atoms with Crippen LogP contribution in [0.1, 0.15) is 22.3 Å². The minimum absolute atomic E-state index is 0.0324. The van der Waals surface area contributed by atoms with Crippen molar-refractivity contribution in [3.63, 3.8) is 0 Å². The van der Waals surface area contributed by atoms with E-state index in [4.69, 9.17) is 5.73 Å². The summed E-state index contributed by atoms with van der Waals surface area (Å²) in [5, 5.41) is 4.26. The summed E-state index contributed by atoms with van der Waals surface area (Å²) in [6.07, 6.45) is -5.51. The van der Waals surface area contributed by atoms with Gasteiger partial charge in [0.25, 0.3) is 0 Å². The molecule has 5 aromatic rings. The fourth-order valence-corrected chi connectivity index (χ4v) is 4.09. The summed E-state index contributed by atoms with van der Waals surface area (Å²) in [5.41, 5.74) is 4.35. The van der Waals surface area contributed by atoms with E-state index in [2.05, 4.69) is 20.1 Å². The van der Waals surface area contributed by atoms with Crippen molar-refractivity contribution in [3.8, 4) is 22.6 Å². The van der Waals surface area contributed by atoms with Gasteiger partial charge in [-0.15, -0.1) is 0 Å². The molecule has 0 saturated heterocycles. The van der Waals surface area contributed by atoms with Crippen LogP contribution in [0.15, 0.2) is 67.1 Å². The summed E-state index contributed by atoms with van der Waals surface area (Å²) >= 11 is 0. The normalized spacial score (nSPS) is 12.3. The van der Waals surface area contributed by atoms with Gasteiger partial charge in [0.15, 0.2) is 0 Å². The molecule has 3 heterocycles. The van der Waals surface area contributed by atoms with Gasteiger partial charge in [-0.05, 0) is 35.4 Å². The van der Waals surface area contributed by atoms with Gasteiger partial charge in [0, 0.05) is 29.4 Å². The van der Waals surface area contributed by atoms with Crippen LogP contribution in [0.2, 0.25) is 0 Å². The Labute approximate surface area is 216 Å². The van der Waals surface area contributed by atoms with E-state index in [1.165, 1.54) is 29.2 Å². The molecule has 0 bridgehead atoms. The number of nitrogens with two attached hydrogens (primary N) is 1. The number of benzene rings is 2. The highest BCUT2D eigenvalue weighted by atomic mass is 19.4. The quantitative estimate of drug-likeness (QED) is 0.220. The molecule has 0 spiro atoms. The zero-order valence-corrected chi connectivity index (χ0v) is 19.8. The fourth-order valence-electron chi connectivity index (χ4n) is 4.09. The number of hydrogen-bond donors (Lipinski definition) is 2. The Morgan fingerprint density at radius 2 is 1.69 bits per heavy atom.